The Hall–Kier alpha value is -2.21. The van der Waals surface area contributed by atoms with Crippen LogP contribution in [0.1, 0.15) is 27.7 Å². The fourth-order valence-corrected chi connectivity index (χ4v) is 2.81. The van der Waals surface area contributed by atoms with E-state index in [-0.39, 0.29) is 11.6 Å². The van der Waals surface area contributed by atoms with Crippen molar-refractivity contribution in [2.24, 2.45) is 0 Å². The fraction of sp³-hybridized carbons (Fsp3) is 0.267. The Morgan fingerprint density at radius 2 is 2.14 bits per heavy atom. The number of nitrogens with zero attached hydrogens (tertiary/aromatic N) is 2. The van der Waals surface area contributed by atoms with E-state index in [2.05, 4.69) is 0 Å². The van der Waals surface area contributed by atoms with Crippen LogP contribution in [0.5, 0.6) is 0 Å². The van der Waals surface area contributed by atoms with Crippen LogP contribution >= 0.6 is 11.3 Å². The maximum atomic E-state index is 12.5. The first-order valence-electron chi connectivity index (χ1n) is 6.59. The second-order valence-electron chi connectivity index (χ2n) is 4.66. The molecule has 0 unspecified atom stereocenters. The summed E-state index contributed by atoms with van der Waals surface area (Å²) in [6.07, 6.45) is 0. The zero-order valence-corrected chi connectivity index (χ0v) is 12.7. The molecule has 1 heterocycles. The molecule has 2 rings (SSSR count). The van der Waals surface area contributed by atoms with E-state index in [0.29, 0.717) is 24.2 Å². The topological polar surface area (TPSA) is 63.5 Å². The Bertz CT molecular complexity index is 653. The van der Waals surface area contributed by atoms with Crippen molar-refractivity contribution in [3.63, 3.8) is 0 Å². The fourth-order valence-electron chi connectivity index (χ4n) is 2.09. The van der Waals surface area contributed by atoms with Crippen molar-refractivity contribution >= 4 is 22.9 Å². The summed E-state index contributed by atoms with van der Waals surface area (Å²) in [5, 5.41) is 12.8. The molecule has 0 bridgehead atoms. The molecule has 0 aliphatic heterocycles. The average molecular weight is 304 g/mol. The summed E-state index contributed by atoms with van der Waals surface area (Å²) in [6, 6.07) is 8.43. The van der Waals surface area contributed by atoms with Crippen LogP contribution in [-0.2, 0) is 6.54 Å². The van der Waals surface area contributed by atoms with Crippen molar-refractivity contribution in [2.45, 2.75) is 20.4 Å². The lowest BCUT2D eigenvalue weighted by Gasteiger charge is -2.20. The first kappa shape index (κ1) is 15.2. The van der Waals surface area contributed by atoms with Gasteiger partial charge in [-0.25, -0.2) is 0 Å². The quantitative estimate of drug-likeness (QED) is 0.626. The number of hydrogen-bond acceptors (Lipinski definition) is 4. The van der Waals surface area contributed by atoms with Crippen molar-refractivity contribution in [1.29, 1.82) is 0 Å². The molecule has 21 heavy (non-hydrogen) atoms. The number of amides is 1. The molecule has 0 saturated carbocycles. The van der Waals surface area contributed by atoms with E-state index in [9.17, 15) is 14.9 Å². The van der Waals surface area contributed by atoms with Crippen molar-refractivity contribution in [1.82, 2.24) is 4.90 Å². The predicted octanol–water partition coefficient (Wildman–Crippen LogP) is 3.63. The van der Waals surface area contributed by atoms with Gasteiger partial charge >= 0.3 is 0 Å². The Morgan fingerprint density at radius 1 is 1.38 bits per heavy atom. The van der Waals surface area contributed by atoms with Crippen LogP contribution in [-0.4, -0.2) is 22.3 Å². The maximum Gasteiger partial charge on any atom is 0.272 e. The van der Waals surface area contributed by atoms with E-state index in [4.69, 9.17) is 0 Å². The van der Waals surface area contributed by atoms with Gasteiger partial charge in [-0.15, -0.1) is 11.3 Å². The number of nitro groups is 1. The molecule has 0 spiro atoms. The van der Waals surface area contributed by atoms with Crippen molar-refractivity contribution in [3.05, 3.63) is 61.8 Å². The lowest BCUT2D eigenvalue weighted by Crippen LogP contribution is -2.30. The van der Waals surface area contributed by atoms with Crippen molar-refractivity contribution in [2.75, 3.05) is 6.54 Å². The van der Waals surface area contributed by atoms with E-state index in [0.717, 1.165) is 4.88 Å². The zero-order chi connectivity index (χ0) is 15.4. The van der Waals surface area contributed by atoms with Crippen LogP contribution in [0.15, 0.2) is 35.7 Å². The number of carbonyl (C=O) groups excluding carboxylic acids is 1. The molecule has 0 radical (unpaired) electrons. The van der Waals surface area contributed by atoms with E-state index >= 15 is 0 Å². The highest BCUT2D eigenvalue weighted by Gasteiger charge is 2.18. The second-order valence-corrected chi connectivity index (χ2v) is 5.69. The van der Waals surface area contributed by atoms with Gasteiger partial charge in [-0.3, -0.25) is 14.9 Å². The van der Waals surface area contributed by atoms with E-state index in [1.54, 1.807) is 29.2 Å². The normalized spacial score (nSPS) is 10.4. The predicted molar refractivity (Wildman–Crippen MR) is 82.6 cm³/mol. The molecule has 0 fully saturated rings. The summed E-state index contributed by atoms with van der Waals surface area (Å²) in [5.41, 5.74) is 1.02. The number of aryl methyl sites for hydroxylation is 1. The summed E-state index contributed by atoms with van der Waals surface area (Å²) in [5.74, 6) is -0.108. The third-order valence-corrected chi connectivity index (χ3v) is 4.10. The van der Waals surface area contributed by atoms with Gasteiger partial charge in [0.2, 0.25) is 0 Å². The van der Waals surface area contributed by atoms with Crippen LogP contribution in [0.2, 0.25) is 0 Å². The maximum absolute atomic E-state index is 12.5. The molecule has 0 aliphatic rings. The van der Waals surface area contributed by atoms with Crippen LogP contribution in [0.4, 0.5) is 5.69 Å². The number of thiophene rings is 1. The van der Waals surface area contributed by atoms with E-state index < -0.39 is 4.92 Å². The van der Waals surface area contributed by atoms with Gasteiger partial charge in [-0.05, 0) is 37.4 Å². The molecular weight excluding hydrogens is 288 g/mol. The molecule has 110 valence electrons. The molecule has 2 aromatic rings. The molecule has 1 aromatic heterocycles. The molecule has 0 aliphatic carbocycles. The van der Waals surface area contributed by atoms with Gasteiger partial charge < -0.3 is 4.90 Å². The highest BCUT2D eigenvalue weighted by atomic mass is 32.1. The van der Waals surface area contributed by atoms with Crippen LogP contribution in [0.25, 0.3) is 0 Å². The van der Waals surface area contributed by atoms with Crippen LogP contribution in [0.3, 0.4) is 0 Å². The molecule has 1 aromatic carbocycles. The lowest BCUT2D eigenvalue weighted by molar-refractivity contribution is -0.385. The van der Waals surface area contributed by atoms with Crippen LogP contribution in [0, 0.1) is 17.0 Å². The molecule has 0 saturated heterocycles. The third kappa shape index (κ3) is 3.46. The van der Waals surface area contributed by atoms with E-state index in [1.165, 1.54) is 12.1 Å². The zero-order valence-electron chi connectivity index (χ0n) is 11.9. The molecule has 0 N–H and O–H groups in total. The monoisotopic (exact) mass is 304 g/mol. The van der Waals surface area contributed by atoms with Crippen molar-refractivity contribution < 1.29 is 9.72 Å². The van der Waals surface area contributed by atoms with Gasteiger partial charge in [-0.1, -0.05) is 6.07 Å². The third-order valence-electron chi connectivity index (χ3n) is 3.24. The Balaban J connectivity index is 2.21. The minimum absolute atomic E-state index is 0.0351. The first-order chi connectivity index (χ1) is 10.0. The number of rotatable bonds is 5. The van der Waals surface area contributed by atoms with Gasteiger partial charge in [-0.2, -0.15) is 0 Å². The van der Waals surface area contributed by atoms with Gasteiger partial charge in [0, 0.05) is 28.6 Å². The minimum Gasteiger partial charge on any atom is -0.334 e. The Kier molecular flexibility index (Phi) is 4.70. The SMILES string of the molecule is CCN(Cc1cccs1)C(=O)c1ccc([N+](=O)[O-])c(C)c1. The van der Waals surface area contributed by atoms with Gasteiger partial charge in [0.25, 0.3) is 11.6 Å². The van der Waals surface area contributed by atoms with Gasteiger partial charge in [0.05, 0.1) is 11.5 Å². The highest BCUT2D eigenvalue weighted by Crippen LogP contribution is 2.21. The van der Waals surface area contributed by atoms with Gasteiger partial charge in [0.1, 0.15) is 0 Å². The van der Waals surface area contributed by atoms with Crippen LogP contribution < -0.4 is 0 Å². The Morgan fingerprint density at radius 3 is 2.67 bits per heavy atom. The number of hydrogen-bond donors (Lipinski definition) is 0. The lowest BCUT2D eigenvalue weighted by atomic mass is 10.1. The second kappa shape index (κ2) is 6.49. The minimum atomic E-state index is -0.438. The molecule has 5 nitrogen and oxygen atoms in total. The number of nitro benzene ring substituents is 1. The summed E-state index contributed by atoms with van der Waals surface area (Å²) in [6.45, 7) is 4.71. The van der Waals surface area contributed by atoms with Gasteiger partial charge in [0.15, 0.2) is 0 Å². The standard InChI is InChI=1S/C15H16N2O3S/c1-3-16(10-13-5-4-8-21-13)15(18)12-6-7-14(17(19)20)11(2)9-12/h4-9H,3,10H2,1-2H3. The van der Waals surface area contributed by atoms with E-state index in [1.807, 2.05) is 24.4 Å². The Labute approximate surface area is 127 Å². The number of benzene rings is 1. The summed E-state index contributed by atoms with van der Waals surface area (Å²) >= 11 is 1.61. The average Bonchev–Trinajstić information content (AvgIpc) is 2.96. The highest BCUT2D eigenvalue weighted by molar-refractivity contribution is 7.09. The summed E-state index contributed by atoms with van der Waals surface area (Å²) < 4.78 is 0. The first-order valence-corrected chi connectivity index (χ1v) is 7.47. The smallest absolute Gasteiger partial charge is 0.272 e. The molecule has 1 amide bonds. The summed E-state index contributed by atoms with van der Waals surface area (Å²) in [7, 11) is 0. The largest absolute Gasteiger partial charge is 0.334 e. The molecule has 6 heteroatoms. The van der Waals surface area contributed by atoms with Crippen molar-refractivity contribution in [3.8, 4) is 0 Å². The molecule has 0 atom stereocenters. The summed E-state index contributed by atoms with van der Waals surface area (Å²) in [4.78, 5) is 25.7. The number of carbonyl (C=O) groups is 1. The molecular formula is C15H16N2O3S.